The molecule has 2 aromatic carbocycles. The first-order chi connectivity index (χ1) is 12.9. The number of aromatic nitrogens is 2. The topological polar surface area (TPSA) is 119 Å². The summed E-state index contributed by atoms with van der Waals surface area (Å²) in [5.41, 5.74) is 7.69. The highest BCUT2D eigenvalue weighted by Gasteiger charge is 2.18. The first kappa shape index (κ1) is 18.5. The Morgan fingerprint density at radius 1 is 1.04 bits per heavy atom. The Bertz CT molecular complexity index is 1070. The lowest BCUT2D eigenvalue weighted by atomic mass is 10.2. The Hall–Kier alpha value is -3.33. The van der Waals surface area contributed by atoms with Crippen molar-refractivity contribution in [1.29, 1.82) is 0 Å². The second-order valence-corrected chi connectivity index (χ2v) is 7.42. The minimum atomic E-state index is -3.87. The fourth-order valence-electron chi connectivity index (χ4n) is 2.36. The van der Waals surface area contributed by atoms with Crippen LogP contribution >= 0.6 is 0 Å². The van der Waals surface area contributed by atoms with Gasteiger partial charge in [0.1, 0.15) is 5.75 Å². The quantitative estimate of drug-likeness (QED) is 0.558. The van der Waals surface area contributed by atoms with E-state index >= 15 is 0 Å². The summed E-state index contributed by atoms with van der Waals surface area (Å²) >= 11 is 0. The van der Waals surface area contributed by atoms with Crippen LogP contribution in [-0.4, -0.2) is 25.5 Å². The minimum absolute atomic E-state index is 0.0386. The number of ether oxygens (including phenoxy) is 1. The highest BCUT2D eigenvalue weighted by atomic mass is 32.2. The van der Waals surface area contributed by atoms with Crippen molar-refractivity contribution >= 4 is 33.0 Å². The molecule has 0 aliphatic rings. The molecular formula is C18H19N5O3S. The van der Waals surface area contributed by atoms with Crippen molar-refractivity contribution in [3.05, 3.63) is 60.4 Å². The van der Waals surface area contributed by atoms with Crippen molar-refractivity contribution in [2.45, 2.75) is 11.8 Å². The summed E-state index contributed by atoms with van der Waals surface area (Å²) in [6.07, 6.45) is 2.87. The standard InChI is InChI=1S/C18H19N5O3S/c1-12-6-7-14(26-2)11-16(12)22-17-18(21-9-8-20-17)23-27(24,25)15-5-3-4-13(19)10-15/h3-11H,19H2,1-2H3,(H,20,22)(H,21,23). The summed E-state index contributed by atoms with van der Waals surface area (Å²) in [6.45, 7) is 1.91. The summed E-state index contributed by atoms with van der Waals surface area (Å²) < 4.78 is 33.0. The maximum absolute atomic E-state index is 12.6. The Morgan fingerprint density at radius 2 is 1.78 bits per heavy atom. The number of aryl methyl sites for hydroxylation is 1. The smallest absolute Gasteiger partial charge is 0.263 e. The summed E-state index contributed by atoms with van der Waals surface area (Å²) in [5, 5.41) is 3.10. The van der Waals surface area contributed by atoms with Gasteiger partial charge < -0.3 is 15.8 Å². The van der Waals surface area contributed by atoms with Gasteiger partial charge in [0.05, 0.1) is 12.0 Å². The zero-order valence-corrected chi connectivity index (χ0v) is 15.6. The van der Waals surface area contributed by atoms with Crippen LogP contribution in [0.4, 0.5) is 23.0 Å². The molecule has 0 bridgehead atoms. The van der Waals surface area contributed by atoms with E-state index < -0.39 is 10.0 Å². The molecule has 0 radical (unpaired) electrons. The fraction of sp³-hybridized carbons (Fsp3) is 0.111. The van der Waals surface area contributed by atoms with E-state index in [9.17, 15) is 8.42 Å². The Morgan fingerprint density at radius 3 is 2.48 bits per heavy atom. The van der Waals surface area contributed by atoms with Gasteiger partial charge in [-0.05, 0) is 36.8 Å². The predicted octanol–water partition coefficient (Wildman–Crippen LogP) is 2.92. The van der Waals surface area contributed by atoms with Gasteiger partial charge in [0.15, 0.2) is 11.6 Å². The molecule has 9 heteroatoms. The summed E-state index contributed by atoms with van der Waals surface area (Å²) in [4.78, 5) is 8.34. The van der Waals surface area contributed by atoms with Crippen LogP contribution in [0.25, 0.3) is 0 Å². The molecule has 0 saturated carbocycles. The number of nitrogen functional groups attached to an aromatic ring is 1. The van der Waals surface area contributed by atoms with Gasteiger partial charge in [0.2, 0.25) is 0 Å². The first-order valence-electron chi connectivity index (χ1n) is 8.00. The van der Waals surface area contributed by atoms with Crippen LogP contribution in [0.15, 0.2) is 59.8 Å². The van der Waals surface area contributed by atoms with Crippen LogP contribution in [-0.2, 0) is 10.0 Å². The molecule has 0 spiro atoms. The molecule has 0 aliphatic heterocycles. The van der Waals surface area contributed by atoms with E-state index in [1.54, 1.807) is 25.3 Å². The number of hydrogen-bond acceptors (Lipinski definition) is 7. The first-order valence-corrected chi connectivity index (χ1v) is 9.48. The van der Waals surface area contributed by atoms with Crippen molar-refractivity contribution in [2.24, 2.45) is 0 Å². The molecule has 1 aromatic heterocycles. The zero-order valence-electron chi connectivity index (χ0n) is 14.8. The molecule has 0 saturated heterocycles. The monoisotopic (exact) mass is 385 g/mol. The second kappa shape index (κ2) is 7.50. The molecule has 1 heterocycles. The maximum atomic E-state index is 12.6. The number of nitrogens with zero attached hydrogens (tertiary/aromatic N) is 2. The van der Waals surface area contributed by atoms with Crippen molar-refractivity contribution in [3.63, 3.8) is 0 Å². The number of benzene rings is 2. The lowest BCUT2D eigenvalue weighted by Crippen LogP contribution is -2.16. The van der Waals surface area contributed by atoms with Crippen LogP contribution in [0.1, 0.15) is 5.56 Å². The van der Waals surface area contributed by atoms with Crippen molar-refractivity contribution in [3.8, 4) is 5.75 Å². The molecule has 4 N–H and O–H groups in total. The molecule has 0 aliphatic carbocycles. The molecule has 0 atom stereocenters. The Balaban J connectivity index is 1.93. The summed E-state index contributed by atoms with van der Waals surface area (Å²) in [6, 6.07) is 11.5. The van der Waals surface area contributed by atoms with Gasteiger partial charge >= 0.3 is 0 Å². The molecule has 140 valence electrons. The van der Waals surface area contributed by atoms with Gasteiger partial charge in [-0.15, -0.1) is 0 Å². The van der Waals surface area contributed by atoms with Crippen molar-refractivity contribution < 1.29 is 13.2 Å². The van der Waals surface area contributed by atoms with Crippen LogP contribution < -0.4 is 20.5 Å². The molecular weight excluding hydrogens is 366 g/mol. The van der Waals surface area contributed by atoms with E-state index in [0.29, 0.717) is 11.4 Å². The van der Waals surface area contributed by atoms with E-state index in [1.165, 1.54) is 24.5 Å². The van der Waals surface area contributed by atoms with Crippen LogP contribution in [0.3, 0.4) is 0 Å². The van der Waals surface area contributed by atoms with E-state index in [2.05, 4.69) is 20.0 Å². The zero-order chi connectivity index (χ0) is 19.4. The predicted molar refractivity (Wildman–Crippen MR) is 105 cm³/mol. The number of sulfonamides is 1. The number of anilines is 4. The van der Waals surface area contributed by atoms with E-state index in [1.807, 2.05) is 19.1 Å². The molecule has 3 rings (SSSR count). The van der Waals surface area contributed by atoms with Crippen LogP contribution in [0, 0.1) is 6.92 Å². The third-order valence-electron chi connectivity index (χ3n) is 3.80. The molecule has 27 heavy (non-hydrogen) atoms. The maximum Gasteiger partial charge on any atom is 0.263 e. The van der Waals surface area contributed by atoms with Crippen LogP contribution in [0.5, 0.6) is 5.75 Å². The molecule has 3 aromatic rings. The lowest BCUT2D eigenvalue weighted by Gasteiger charge is -2.14. The normalized spacial score (nSPS) is 11.0. The van der Waals surface area contributed by atoms with E-state index in [4.69, 9.17) is 10.5 Å². The van der Waals surface area contributed by atoms with Gasteiger partial charge in [-0.2, -0.15) is 0 Å². The minimum Gasteiger partial charge on any atom is -0.497 e. The average Bonchev–Trinajstić information content (AvgIpc) is 2.65. The van der Waals surface area contributed by atoms with Crippen molar-refractivity contribution in [1.82, 2.24) is 9.97 Å². The van der Waals surface area contributed by atoms with Crippen LogP contribution in [0.2, 0.25) is 0 Å². The Labute approximate surface area is 157 Å². The van der Waals surface area contributed by atoms with Gasteiger partial charge in [-0.1, -0.05) is 12.1 Å². The molecule has 0 amide bonds. The number of hydrogen-bond donors (Lipinski definition) is 3. The number of nitrogens with two attached hydrogens (primary N) is 1. The van der Waals surface area contributed by atoms with Gasteiger partial charge in [-0.3, -0.25) is 4.72 Å². The van der Waals surface area contributed by atoms with E-state index in [-0.39, 0.29) is 16.5 Å². The fourth-order valence-corrected chi connectivity index (χ4v) is 3.43. The van der Waals surface area contributed by atoms with Gasteiger partial charge in [-0.25, -0.2) is 18.4 Å². The average molecular weight is 385 g/mol. The SMILES string of the molecule is COc1ccc(C)c(Nc2nccnc2NS(=O)(=O)c2cccc(N)c2)c1. The number of nitrogens with one attached hydrogen (secondary N) is 2. The molecule has 8 nitrogen and oxygen atoms in total. The Kier molecular flexibility index (Phi) is 5.13. The number of rotatable bonds is 6. The van der Waals surface area contributed by atoms with Gasteiger partial charge in [0, 0.05) is 29.8 Å². The summed E-state index contributed by atoms with van der Waals surface area (Å²) in [7, 11) is -2.30. The summed E-state index contributed by atoms with van der Waals surface area (Å²) in [5.74, 6) is 0.998. The third-order valence-corrected chi connectivity index (χ3v) is 5.13. The molecule has 0 fully saturated rings. The molecule has 0 unspecified atom stereocenters. The van der Waals surface area contributed by atoms with Crippen molar-refractivity contribution in [2.75, 3.05) is 22.9 Å². The highest BCUT2D eigenvalue weighted by Crippen LogP contribution is 2.28. The van der Waals surface area contributed by atoms with Gasteiger partial charge in [0.25, 0.3) is 10.0 Å². The number of methoxy groups -OCH3 is 1. The lowest BCUT2D eigenvalue weighted by molar-refractivity contribution is 0.415. The largest absolute Gasteiger partial charge is 0.497 e. The second-order valence-electron chi connectivity index (χ2n) is 5.74. The van der Waals surface area contributed by atoms with E-state index in [0.717, 1.165) is 11.3 Å². The third kappa shape index (κ3) is 4.26. The highest BCUT2D eigenvalue weighted by molar-refractivity contribution is 7.92.